The molecule has 0 radical (unpaired) electrons. The second kappa shape index (κ2) is 7.63. The zero-order valence-corrected chi connectivity index (χ0v) is 14.0. The summed E-state index contributed by atoms with van der Waals surface area (Å²) in [7, 11) is 0. The van der Waals surface area contributed by atoms with E-state index in [1.807, 2.05) is 19.9 Å². The van der Waals surface area contributed by atoms with Crippen molar-refractivity contribution in [3.05, 3.63) is 17.5 Å². The highest BCUT2D eigenvalue weighted by Gasteiger charge is 2.25. The Hall–Kier alpha value is -1.56. The Morgan fingerprint density at radius 3 is 2.59 bits per heavy atom. The van der Waals surface area contributed by atoms with Gasteiger partial charge in [0.1, 0.15) is 0 Å². The van der Waals surface area contributed by atoms with Gasteiger partial charge in [-0.3, -0.25) is 0 Å². The van der Waals surface area contributed by atoms with Gasteiger partial charge in [-0.15, -0.1) is 0 Å². The summed E-state index contributed by atoms with van der Waals surface area (Å²) in [6.45, 7) is 9.85. The number of rotatable bonds is 5. The maximum Gasteiger partial charge on any atom is 0.317 e. The average molecular weight is 309 g/mol. The van der Waals surface area contributed by atoms with Crippen LogP contribution in [0.15, 0.2) is 10.6 Å². The number of nitrogens with zero attached hydrogens (tertiary/aromatic N) is 2. The van der Waals surface area contributed by atoms with E-state index in [4.69, 9.17) is 9.26 Å². The van der Waals surface area contributed by atoms with E-state index < -0.39 is 0 Å². The van der Waals surface area contributed by atoms with Gasteiger partial charge >= 0.3 is 6.03 Å². The standard InChI is InChI=1S/C16H27N3O3/c1-5-13(6-2)15-7-14(22-18-15)8-17-16(20)19-9-11(3)21-12(4)10-19/h7,11-13H,5-6,8-10H2,1-4H3,(H,17,20). The van der Waals surface area contributed by atoms with Crippen LogP contribution in [-0.2, 0) is 11.3 Å². The van der Waals surface area contributed by atoms with Gasteiger partial charge in [0.2, 0.25) is 0 Å². The van der Waals surface area contributed by atoms with Crippen LogP contribution < -0.4 is 5.32 Å². The molecule has 2 rings (SSSR count). The molecule has 1 aromatic rings. The molecular weight excluding hydrogens is 282 g/mol. The first-order valence-corrected chi connectivity index (χ1v) is 8.17. The van der Waals surface area contributed by atoms with Crippen LogP contribution in [0.4, 0.5) is 4.79 Å². The monoisotopic (exact) mass is 309 g/mol. The lowest BCUT2D eigenvalue weighted by Gasteiger charge is -2.35. The smallest absolute Gasteiger partial charge is 0.317 e. The first kappa shape index (κ1) is 16.8. The first-order valence-electron chi connectivity index (χ1n) is 8.17. The summed E-state index contributed by atoms with van der Waals surface area (Å²) >= 11 is 0. The van der Waals surface area contributed by atoms with E-state index in [9.17, 15) is 4.79 Å². The number of carbonyl (C=O) groups is 1. The van der Waals surface area contributed by atoms with Gasteiger partial charge in [-0.05, 0) is 26.7 Å². The van der Waals surface area contributed by atoms with Gasteiger partial charge in [0.05, 0.1) is 24.4 Å². The van der Waals surface area contributed by atoms with Crippen LogP contribution in [0.5, 0.6) is 0 Å². The quantitative estimate of drug-likeness (QED) is 0.908. The molecule has 1 saturated heterocycles. The van der Waals surface area contributed by atoms with Crippen LogP contribution in [0.1, 0.15) is 57.9 Å². The number of hydrogen-bond donors (Lipinski definition) is 1. The maximum atomic E-state index is 12.2. The molecule has 1 aliphatic heterocycles. The topological polar surface area (TPSA) is 67.6 Å². The fourth-order valence-corrected chi connectivity index (χ4v) is 2.93. The van der Waals surface area contributed by atoms with Crippen LogP contribution in [0.3, 0.4) is 0 Å². The van der Waals surface area contributed by atoms with E-state index in [0.717, 1.165) is 18.5 Å². The third-order valence-electron chi connectivity index (χ3n) is 4.10. The normalized spacial score (nSPS) is 22.1. The van der Waals surface area contributed by atoms with E-state index in [1.54, 1.807) is 4.90 Å². The Kier molecular flexibility index (Phi) is 5.83. The summed E-state index contributed by atoms with van der Waals surface area (Å²) in [6.07, 6.45) is 2.22. The zero-order chi connectivity index (χ0) is 16.1. The van der Waals surface area contributed by atoms with Crippen LogP contribution in [-0.4, -0.2) is 41.4 Å². The summed E-state index contributed by atoms with van der Waals surface area (Å²) in [5.41, 5.74) is 0.975. The van der Waals surface area contributed by atoms with Gasteiger partial charge in [0.25, 0.3) is 0 Å². The molecule has 1 aromatic heterocycles. The summed E-state index contributed by atoms with van der Waals surface area (Å²) in [5.74, 6) is 1.12. The molecule has 6 heteroatoms. The SMILES string of the molecule is CCC(CC)c1cc(CNC(=O)N2CC(C)OC(C)C2)on1. The summed E-state index contributed by atoms with van der Waals surface area (Å²) < 4.78 is 11.0. The van der Waals surface area contributed by atoms with Crippen molar-refractivity contribution in [3.8, 4) is 0 Å². The van der Waals surface area contributed by atoms with Crippen molar-refractivity contribution in [1.29, 1.82) is 0 Å². The van der Waals surface area contributed by atoms with Crippen molar-refractivity contribution in [2.45, 2.75) is 65.2 Å². The van der Waals surface area contributed by atoms with E-state index in [-0.39, 0.29) is 18.2 Å². The maximum absolute atomic E-state index is 12.2. The van der Waals surface area contributed by atoms with Gasteiger partial charge in [-0.2, -0.15) is 0 Å². The largest absolute Gasteiger partial charge is 0.372 e. The number of nitrogens with one attached hydrogen (secondary N) is 1. The van der Waals surface area contributed by atoms with E-state index in [1.165, 1.54) is 0 Å². The molecule has 0 aromatic carbocycles. The minimum atomic E-state index is -0.0810. The number of hydrogen-bond acceptors (Lipinski definition) is 4. The van der Waals surface area contributed by atoms with Crippen molar-refractivity contribution < 1.29 is 14.1 Å². The molecule has 0 spiro atoms. The summed E-state index contributed by atoms with van der Waals surface area (Å²) in [6, 6.07) is 1.87. The molecule has 6 nitrogen and oxygen atoms in total. The molecule has 22 heavy (non-hydrogen) atoms. The molecule has 2 atom stereocenters. The number of ether oxygens (including phenoxy) is 1. The summed E-state index contributed by atoms with van der Waals surface area (Å²) in [4.78, 5) is 14.0. The van der Waals surface area contributed by atoms with E-state index in [2.05, 4.69) is 24.3 Å². The Morgan fingerprint density at radius 1 is 1.36 bits per heavy atom. The molecule has 1 aliphatic rings. The molecule has 0 bridgehead atoms. The van der Waals surface area contributed by atoms with Crippen molar-refractivity contribution in [2.75, 3.05) is 13.1 Å². The molecule has 2 unspecified atom stereocenters. The van der Waals surface area contributed by atoms with Crippen molar-refractivity contribution >= 4 is 6.03 Å². The third-order valence-corrected chi connectivity index (χ3v) is 4.10. The number of urea groups is 1. The second-order valence-corrected chi connectivity index (χ2v) is 6.05. The minimum absolute atomic E-state index is 0.0706. The zero-order valence-electron chi connectivity index (χ0n) is 14.0. The highest BCUT2D eigenvalue weighted by atomic mass is 16.5. The minimum Gasteiger partial charge on any atom is -0.372 e. The van der Waals surface area contributed by atoms with Gasteiger partial charge < -0.3 is 19.5 Å². The highest BCUT2D eigenvalue weighted by molar-refractivity contribution is 5.74. The number of carbonyl (C=O) groups excluding carboxylic acids is 1. The molecule has 2 heterocycles. The molecular formula is C16H27N3O3. The molecule has 124 valence electrons. The highest BCUT2D eigenvalue weighted by Crippen LogP contribution is 2.22. The van der Waals surface area contributed by atoms with Crippen LogP contribution >= 0.6 is 0 Å². The Bertz CT molecular complexity index is 475. The number of morpholine rings is 1. The van der Waals surface area contributed by atoms with Crippen LogP contribution in [0, 0.1) is 0 Å². The fraction of sp³-hybridized carbons (Fsp3) is 0.750. The molecule has 0 saturated carbocycles. The lowest BCUT2D eigenvalue weighted by Crippen LogP contribution is -2.51. The van der Waals surface area contributed by atoms with Crippen molar-refractivity contribution in [3.63, 3.8) is 0 Å². The lowest BCUT2D eigenvalue weighted by molar-refractivity contribution is -0.0545. The van der Waals surface area contributed by atoms with Gasteiger partial charge in [0, 0.05) is 25.1 Å². The predicted molar refractivity (Wildman–Crippen MR) is 83.6 cm³/mol. The van der Waals surface area contributed by atoms with E-state index in [0.29, 0.717) is 31.3 Å². The molecule has 2 amide bonds. The summed E-state index contributed by atoms with van der Waals surface area (Å²) in [5, 5.41) is 7.01. The Morgan fingerprint density at radius 2 is 2.00 bits per heavy atom. The second-order valence-electron chi connectivity index (χ2n) is 6.05. The van der Waals surface area contributed by atoms with Crippen molar-refractivity contribution in [2.24, 2.45) is 0 Å². The Labute approximate surface area is 132 Å². The Balaban J connectivity index is 1.86. The average Bonchev–Trinajstić information content (AvgIpc) is 2.94. The number of amides is 2. The van der Waals surface area contributed by atoms with Crippen LogP contribution in [0.2, 0.25) is 0 Å². The predicted octanol–water partition coefficient (Wildman–Crippen LogP) is 2.90. The molecule has 1 N–H and O–H groups in total. The van der Waals surface area contributed by atoms with Gasteiger partial charge in [-0.25, -0.2) is 4.79 Å². The fourth-order valence-electron chi connectivity index (χ4n) is 2.93. The molecule has 1 fully saturated rings. The van der Waals surface area contributed by atoms with Crippen LogP contribution in [0.25, 0.3) is 0 Å². The van der Waals surface area contributed by atoms with Crippen molar-refractivity contribution in [1.82, 2.24) is 15.4 Å². The lowest BCUT2D eigenvalue weighted by atomic mass is 9.99. The van der Waals surface area contributed by atoms with Gasteiger partial charge in [0.15, 0.2) is 5.76 Å². The van der Waals surface area contributed by atoms with E-state index >= 15 is 0 Å². The molecule has 0 aliphatic carbocycles. The number of aromatic nitrogens is 1. The van der Waals surface area contributed by atoms with Gasteiger partial charge in [-0.1, -0.05) is 19.0 Å². The first-order chi connectivity index (χ1) is 10.5. The third kappa shape index (κ3) is 4.22.